The number of carbonyl (C=O) groups is 1. The van der Waals surface area contributed by atoms with Gasteiger partial charge in [0.15, 0.2) is 0 Å². The van der Waals surface area contributed by atoms with Crippen LogP contribution in [-0.4, -0.2) is 12.6 Å². The van der Waals surface area contributed by atoms with Gasteiger partial charge in [0, 0.05) is 0 Å². The number of carbonyl (C=O) groups excluding carboxylic acids is 1. The van der Waals surface area contributed by atoms with Gasteiger partial charge < -0.3 is 4.74 Å². The fourth-order valence-electron chi connectivity index (χ4n) is 3.01. The Hall–Kier alpha value is -0.530. The van der Waals surface area contributed by atoms with E-state index in [0.717, 1.165) is 24.2 Å². The highest BCUT2D eigenvalue weighted by atomic mass is 16.5. The quantitative estimate of drug-likeness (QED) is 0.655. The maximum absolute atomic E-state index is 11.6. The summed E-state index contributed by atoms with van der Waals surface area (Å²) in [5, 5.41) is 0. The van der Waals surface area contributed by atoms with Crippen LogP contribution < -0.4 is 0 Å². The largest absolute Gasteiger partial charge is 0.466 e. The lowest BCUT2D eigenvalue weighted by atomic mass is 9.75. The fraction of sp³-hybridized carbons (Fsp3) is 0.938. The van der Waals surface area contributed by atoms with Crippen molar-refractivity contribution in [1.82, 2.24) is 0 Å². The molecule has 0 aromatic rings. The number of esters is 1. The average Bonchev–Trinajstić information content (AvgIpc) is 2.36. The Morgan fingerprint density at radius 1 is 1.17 bits per heavy atom. The lowest BCUT2D eigenvalue weighted by Crippen LogP contribution is -2.21. The molecule has 2 nitrogen and oxygen atoms in total. The Bertz CT molecular complexity index is 241. The molecule has 0 aromatic carbocycles. The summed E-state index contributed by atoms with van der Waals surface area (Å²) in [6.07, 6.45) is 7.70. The Morgan fingerprint density at radius 3 is 2.33 bits per heavy atom. The summed E-state index contributed by atoms with van der Waals surface area (Å²) in [6, 6.07) is 0. The Kier molecular flexibility index (Phi) is 6.73. The van der Waals surface area contributed by atoms with E-state index in [1.165, 1.54) is 32.1 Å². The first-order chi connectivity index (χ1) is 8.54. The highest BCUT2D eigenvalue weighted by Crippen LogP contribution is 2.35. The normalized spacial score (nSPS) is 27.6. The second-order valence-corrected chi connectivity index (χ2v) is 6.23. The van der Waals surface area contributed by atoms with Gasteiger partial charge in [0.1, 0.15) is 0 Å². The smallest absolute Gasteiger partial charge is 0.308 e. The van der Waals surface area contributed by atoms with Crippen LogP contribution in [-0.2, 0) is 9.53 Å². The van der Waals surface area contributed by atoms with Crippen molar-refractivity contribution in [3.63, 3.8) is 0 Å². The third kappa shape index (κ3) is 4.99. The molecule has 0 heterocycles. The molecule has 1 saturated carbocycles. The molecule has 0 saturated heterocycles. The second-order valence-electron chi connectivity index (χ2n) is 6.23. The summed E-state index contributed by atoms with van der Waals surface area (Å²) in [7, 11) is 0. The molecule has 0 spiro atoms. The minimum atomic E-state index is -0.0260. The van der Waals surface area contributed by atoms with E-state index in [4.69, 9.17) is 4.74 Å². The summed E-state index contributed by atoms with van der Waals surface area (Å²) < 4.78 is 5.06. The maximum Gasteiger partial charge on any atom is 0.308 e. The Balaban J connectivity index is 2.23. The zero-order chi connectivity index (χ0) is 13.5. The van der Waals surface area contributed by atoms with E-state index in [0.29, 0.717) is 6.61 Å². The van der Waals surface area contributed by atoms with Gasteiger partial charge in [-0.3, -0.25) is 4.79 Å². The molecule has 0 bridgehead atoms. The summed E-state index contributed by atoms with van der Waals surface area (Å²) in [5.74, 6) is 2.61. The number of rotatable bonds is 6. The monoisotopic (exact) mass is 254 g/mol. The fourth-order valence-corrected chi connectivity index (χ4v) is 3.01. The lowest BCUT2D eigenvalue weighted by molar-refractivity contribution is -0.147. The van der Waals surface area contributed by atoms with Crippen molar-refractivity contribution in [3.05, 3.63) is 0 Å². The standard InChI is InChI=1S/C16H30O2/c1-5-18-16(17)14(4)9-8-13(3)15-10-6-12(2)7-11-15/h12-15H,5-11H2,1-4H3. The molecule has 2 unspecified atom stereocenters. The summed E-state index contributed by atoms with van der Waals surface area (Å²) in [4.78, 5) is 11.6. The molecule has 1 aliphatic carbocycles. The third-order valence-corrected chi connectivity index (χ3v) is 4.61. The summed E-state index contributed by atoms with van der Waals surface area (Å²) in [6.45, 7) is 9.09. The lowest BCUT2D eigenvalue weighted by Gasteiger charge is -2.31. The average molecular weight is 254 g/mol. The van der Waals surface area contributed by atoms with Gasteiger partial charge in [-0.25, -0.2) is 0 Å². The van der Waals surface area contributed by atoms with Crippen LogP contribution in [0.3, 0.4) is 0 Å². The van der Waals surface area contributed by atoms with E-state index < -0.39 is 0 Å². The number of ether oxygens (including phenoxy) is 1. The number of hydrogen-bond acceptors (Lipinski definition) is 2. The summed E-state index contributed by atoms with van der Waals surface area (Å²) in [5.41, 5.74) is 0. The van der Waals surface area contributed by atoms with Gasteiger partial charge in [-0.05, 0) is 50.4 Å². The second kappa shape index (κ2) is 7.81. The van der Waals surface area contributed by atoms with Crippen molar-refractivity contribution in [3.8, 4) is 0 Å². The molecule has 2 atom stereocenters. The van der Waals surface area contributed by atoms with Crippen LogP contribution in [0.5, 0.6) is 0 Å². The van der Waals surface area contributed by atoms with E-state index in [1.54, 1.807) is 0 Å². The van der Waals surface area contributed by atoms with Gasteiger partial charge in [-0.1, -0.05) is 33.6 Å². The van der Waals surface area contributed by atoms with Gasteiger partial charge in [-0.2, -0.15) is 0 Å². The van der Waals surface area contributed by atoms with Crippen molar-refractivity contribution >= 4 is 5.97 Å². The molecule has 0 aliphatic heterocycles. The van der Waals surface area contributed by atoms with E-state index in [2.05, 4.69) is 13.8 Å². The zero-order valence-electron chi connectivity index (χ0n) is 12.6. The molecule has 1 aliphatic rings. The minimum absolute atomic E-state index is 0.0260. The first kappa shape index (κ1) is 15.5. The number of hydrogen-bond donors (Lipinski definition) is 0. The van der Waals surface area contributed by atoms with Crippen LogP contribution in [0.1, 0.15) is 66.2 Å². The van der Waals surface area contributed by atoms with Crippen LogP contribution in [0.2, 0.25) is 0 Å². The predicted octanol–water partition coefficient (Wildman–Crippen LogP) is 4.43. The van der Waals surface area contributed by atoms with Gasteiger partial charge in [0.2, 0.25) is 0 Å². The first-order valence-corrected chi connectivity index (χ1v) is 7.71. The van der Waals surface area contributed by atoms with Crippen molar-refractivity contribution < 1.29 is 9.53 Å². The van der Waals surface area contributed by atoms with Crippen LogP contribution in [0, 0.1) is 23.7 Å². The predicted molar refractivity (Wildman–Crippen MR) is 75.3 cm³/mol. The van der Waals surface area contributed by atoms with Crippen LogP contribution in [0.25, 0.3) is 0 Å². The van der Waals surface area contributed by atoms with Crippen LogP contribution >= 0.6 is 0 Å². The molecule has 0 aromatic heterocycles. The molecular weight excluding hydrogens is 224 g/mol. The Morgan fingerprint density at radius 2 is 1.78 bits per heavy atom. The molecule has 2 heteroatoms. The molecule has 0 N–H and O–H groups in total. The maximum atomic E-state index is 11.6. The molecular formula is C16H30O2. The molecule has 1 rings (SSSR count). The van der Waals surface area contributed by atoms with E-state index in [-0.39, 0.29) is 11.9 Å². The highest BCUT2D eigenvalue weighted by Gasteiger charge is 2.24. The van der Waals surface area contributed by atoms with Crippen molar-refractivity contribution in [2.45, 2.75) is 66.2 Å². The van der Waals surface area contributed by atoms with Crippen molar-refractivity contribution in [1.29, 1.82) is 0 Å². The van der Waals surface area contributed by atoms with Gasteiger partial charge in [0.05, 0.1) is 12.5 Å². The van der Waals surface area contributed by atoms with Gasteiger partial charge in [-0.15, -0.1) is 0 Å². The molecule has 0 amide bonds. The van der Waals surface area contributed by atoms with Gasteiger partial charge in [0.25, 0.3) is 0 Å². The van der Waals surface area contributed by atoms with E-state index >= 15 is 0 Å². The van der Waals surface area contributed by atoms with E-state index in [9.17, 15) is 4.79 Å². The minimum Gasteiger partial charge on any atom is -0.466 e. The topological polar surface area (TPSA) is 26.3 Å². The van der Waals surface area contributed by atoms with Crippen molar-refractivity contribution in [2.75, 3.05) is 6.61 Å². The van der Waals surface area contributed by atoms with Crippen molar-refractivity contribution in [2.24, 2.45) is 23.7 Å². The Labute approximate surface area is 112 Å². The van der Waals surface area contributed by atoms with E-state index in [1.807, 2.05) is 13.8 Å². The third-order valence-electron chi connectivity index (χ3n) is 4.61. The van der Waals surface area contributed by atoms with Crippen LogP contribution in [0.15, 0.2) is 0 Å². The zero-order valence-corrected chi connectivity index (χ0v) is 12.6. The highest BCUT2D eigenvalue weighted by molar-refractivity contribution is 5.71. The SMILES string of the molecule is CCOC(=O)C(C)CCC(C)C1CCC(C)CC1. The molecule has 1 fully saturated rings. The molecule has 106 valence electrons. The van der Waals surface area contributed by atoms with Crippen LogP contribution in [0.4, 0.5) is 0 Å². The summed E-state index contributed by atoms with van der Waals surface area (Å²) >= 11 is 0. The van der Waals surface area contributed by atoms with Gasteiger partial charge >= 0.3 is 5.97 Å². The molecule has 18 heavy (non-hydrogen) atoms. The first-order valence-electron chi connectivity index (χ1n) is 7.71. The molecule has 0 radical (unpaired) electrons.